The molecular weight excluding hydrogens is 451 g/mol. The van der Waals surface area contributed by atoms with Gasteiger partial charge < -0.3 is 14.6 Å². The zero-order valence-electron chi connectivity index (χ0n) is 21.0. The van der Waals surface area contributed by atoms with Gasteiger partial charge in [-0.2, -0.15) is 0 Å². The second kappa shape index (κ2) is 10.2. The second-order valence-electron chi connectivity index (χ2n) is 8.99. The van der Waals surface area contributed by atoms with Crippen LogP contribution in [0.25, 0.3) is 0 Å². The molecule has 34 heavy (non-hydrogen) atoms. The van der Waals surface area contributed by atoms with Crippen LogP contribution in [0, 0.1) is 6.92 Å². The number of nitrogens with zero attached hydrogens (tertiary/aromatic N) is 1. The standard InChI is InChI=1S/C25H35BN2O5S/c1-7-24(8-2)25(9-3,10-4)33-26(32-24)20-13-14-27-21(16-20)17-28-23(29)19-12-11-18(5)22(15-19)34(6,30)31/h11-16H,7-10,17H2,1-6H3,(H,28,29). The van der Waals surface area contributed by atoms with Crippen LogP contribution in [0.5, 0.6) is 0 Å². The molecule has 7 nitrogen and oxygen atoms in total. The molecular formula is C25H35BN2O5S. The normalized spacial score (nSPS) is 17.1. The quantitative estimate of drug-likeness (QED) is 0.545. The van der Waals surface area contributed by atoms with Crippen molar-refractivity contribution in [1.82, 2.24) is 10.3 Å². The molecule has 0 spiro atoms. The van der Waals surface area contributed by atoms with Crippen molar-refractivity contribution in [1.29, 1.82) is 0 Å². The Balaban J connectivity index is 1.77. The molecule has 1 saturated heterocycles. The molecule has 1 N–H and O–H groups in total. The highest BCUT2D eigenvalue weighted by molar-refractivity contribution is 7.90. The number of hydrogen-bond acceptors (Lipinski definition) is 6. The van der Waals surface area contributed by atoms with E-state index in [0.29, 0.717) is 11.3 Å². The maximum absolute atomic E-state index is 12.7. The van der Waals surface area contributed by atoms with E-state index in [1.54, 1.807) is 25.3 Å². The summed E-state index contributed by atoms with van der Waals surface area (Å²) >= 11 is 0. The number of benzene rings is 1. The van der Waals surface area contributed by atoms with Crippen LogP contribution in [0.1, 0.15) is 75.0 Å². The number of nitrogens with one attached hydrogen (secondary N) is 1. The summed E-state index contributed by atoms with van der Waals surface area (Å²) in [5, 5.41) is 2.83. The van der Waals surface area contributed by atoms with E-state index < -0.39 is 17.0 Å². The number of amides is 1. The SMILES string of the molecule is CCC1(CC)OB(c2ccnc(CNC(=O)c3ccc(C)c(S(C)(=O)=O)c3)c2)OC1(CC)CC. The Morgan fingerprint density at radius 3 is 2.12 bits per heavy atom. The fraction of sp³-hybridized carbons (Fsp3) is 0.520. The van der Waals surface area contributed by atoms with Gasteiger partial charge in [0.25, 0.3) is 5.91 Å². The minimum atomic E-state index is -3.42. The van der Waals surface area contributed by atoms with E-state index in [0.717, 1.165) is 37.4 Å². The zero-order chi connectivity index (χ0) is 25.1. The maximum Gasteiger partial charge on any atom is 0.494 e. The van der Waals surface area contributed by atoms with Crippen LogP contribution < -0.4 is 10.8 Å². The number of aryl methyl sites for hydroxylation is 1. The molecule has 1 aliphatic rings. The lowest BCUT2D eigenvalue weighted by Gasteiger charge is -2.42. The van der Waals surface area contributed by atoms with Gasteiger partial charge in [-0.15, -0.1) is 0 Å². The molecule has 184 valence electrons. The first-order valence-electron chi connectivity index (χ1n) is 11.9. The predicted octanol–water partition coefficient (Wildman–Crippen LogP) is 3.58. The van der Waals surface area contributed by atoms with E-state index in [1.165, 1.54) is 6.07 Å². The van der Waals surface area contributed by atoms with Gasteiger partial charge in [0.15, 0.2) is 9.84 Å². The summed E-state index contributed by atoms with van der Waals surface area (Å²) in [5.41, 5.74) is 1.73. The molecule has 1 amide bonds. The van der Waals surface area contributed by atoms with E-state index in [9.17, 15) is 13.2 Å². The van der Waals surface area contributed by atoms with E-state index >= 15 is 0 Å². The van der Waals surface area contributed by atoms with Crippen molar-refractivity contribution in [2.45, 2.75) is 82.9 Å². The van der Waals surface area contributed by atoms with Crippen LogP contribution >= 0.6 is 0 Å². The number of sulfone groups is 1. The number of hydrogen-bond donors (Lipinski definition) is 1. The van der Waals surface area contributed by atoms with Gasteiger partial charge in [-0.05, 0) is 67.9 Å². The van der Waals surface area contributed by atoms with Gasteiger partial charge in [0, 0.05) is 18.0 Å². The highest BCUT2D eigenvalue weighted by atomic mass is 32.2. The van der Waals surface area contributed by atoms with Gasteiger partial charge in [-0.25, -0.2) is 8.42 Å². The number of aromatic nitrogens is 1. The van der Waals surface area contributed by atoms with Gasteiger partial charge in [0.2, 0.25) is 0 Å². The number of pyridine rings is 1. The maximum atomic E-state index is 12.7. The predicted molar refractivity (Wildman–Crippen MR) is 134 cm³/mol. The molecule has 0 unspecified atom stereocenters. The van der Waals surface area contributed by atoms with Crippen LogP contribution in [-0.2, 0) is 25.7 Å². The third-order valence-electron chi connectivity index (χ3n) is 7.17. The van der Waals surface area contributed by atoms with Crippen molar-refractivity contribution in [3.63, 3.8) is 0 Å². The third kappa shape index (κ3) is 4.92. The summed E-state index contributed by atoms with van der Waals surface area (Å²) in [5.74, 6) is -0.363. The molecule has 1 fully saturated rings. The first-order chi connectivity index (χ1) is 16.0. The lowest BCUT2D eigenvalue weighted by molar-refractivity contribution is -0.0601. The van der Waals surface area contributed by atoms with Crippen LogP contribution in [0.2, 0.25) is 0 Å². The largest absolute Gasteiger partial charge is 0.494 e. The Bertz CT molecular complexity index is 1120. The van der Waals surface area contributed by atoms with Gasteiger partial charge in [-0.3, -0.25) is 9.78 Å². The fourth-order valence-electron chi connectivity index (χ4n) is 5.06. The van der Waals surface area contributed by atoms with E-state index in [2.05, 4.69) is 38.0 Å². The van der Waals surface area contributed by atoms with Crippen molar-refractivity contribution in [2.75, 3.05) is 6.26 Å². The summed E-state index contributed by atoms with van der Waals surface area (Å²) in [6, 6.07) is 8.44. The van der Waals surface area contributed by atoms with Crippen molar-refractivity contribution in [2.24, 2.45) is 0 Å². The summed E-state index contributed by atoms with van der Waals surface area (Å²) in [6.07, 6.45) is 6.28. The van der Waals surface area contributed by atoms with E-state index in [-0.39, 0.29) is 34.1 Å². The molecule has 0 atom stereocenters. The Labute approximate surface area is 203 Å². The van der Waals surface area contributed by atoms with Crippen molar-refractivity contribution < 1.29 is 22.5 Å². The molecule has 9 heteroatoms. The summed E-state index contributed by atoms with van der Waals surface area (Å²) in [7, 11) is -3.91. The Morgan fingerprint density at radius 2 is 1.59 bits per heavy atom. The van der Waals surface area contributed by atoms with Crippen LogP contribution in [0.15, 0.2) is 41.4 Å². The van der Waals surface area contributed by atoms with Crippen molar-refractivity contribution in [3.05, 3.63) is 53.3 Å². The van der Waals surface area contributed by atoms with Gasteiger partial charge in [0.1, 0.15) is 0 Å². The Hall–Kier alpha value is -2.23. The minimum absolute atomic E-state index is 0.154. The molecule has 2 aromatic rings. The van der Waals surface area contributed by atoms with Gasteiger partial charge in [0.05, 0.1) is 28.3 Å². The average Bonchev–Trinajstić information content (AvgIpc) is 3.17. The fourth-order valence-corrected chi connectivity index (χ4v) is 6.05. The second-order valence-corrected chi connectivity index (χ2v) is 11.0. The summed E-state index contributed by atoms with van der Waals surface area (Å²) < 4.78 is 37.1. The lowest BCUT2D eigenvalue weighted by atomic mass is 9.75. The lowest BCUT2D eigenvalue weighted by Crippen LogP contribution is -2.50. The smallest absolute Gasteiger partial charge is 0.399 e. The highest BCUT2D eigenvalue weighted by Crippen LogP contribution is 2.46. The zero-order valence-corrected chi connectivity index (χ0v) is 21.8. The van der Waals surface area contributed by atoms with E-state index in [1.807, 2.05) is 12.1 Å². The van der Waals surface area contributed by atoms with Crippen LogP contribution in [-0.4, -0.2) is 43.9 Å². The van der Waals surface area contributed by atoms with Crippen LogP contribution in [0.3, 0.4) is 0 Å². The summed E-state index contributed by atoms with van der Waals surface area (Å²) in [6.45, 7) is 10.5. The first-order valence-corrected chi connectivity index (χ1v) is 13.8. The van der Waals surface area contributed by atoms with Crippen molar-refractivity contribution >= 4 is 28.3 Å². The highest BCUT2D eigenvalue weighted by Gasteiger charge is 2.58. The molecule has 3 rings (SSSR count). The minimum Gasteiger partial charge on any atom is -0.399 e. The Kier molecular flexibility index (Phi) is 7.90. The van der Waals surface area contributed by atoms with Crippen molar-refractivity contribution in [3.8, 4) is 0 Å². The third-order valence-corrected chi connectivity index (χ3v) is 8.41. The molecule has 0 aliphatic carbocycles. The average molecular weight is 486 g/mol. The molecule has 0 saturated carbocycles. The van der Waals surface area contributed by atoms with Crippen LogP contribution in [0.4, 0.5) is 0 Å². The van der Waals surface area contributed by atoms with Gasteiger partial charge in [-0.1, -0.05) is 33.8 Å². The topological polar surface area (TPSA) is 94.6 Å². The van der Waals surface area contributed by atoms with E-state index in [4.69, 9.17) is 9.31 Å². The molecule has 0 bridgehead atoms. The molecule has 1 aromatic carbocycles. The molecule has 0 radical (unpaired) electrons. The first kappa shape index (κ1) is 26.4. The summed E-state index contributed by atoms with van der Waals surface area (Å²) in [4.78, 5) is 17.2. The van der Waals surface area contributed by atoms with Gasteiger partial charge >= 0.3 is 7.12 Å². The number of carbonyl (C=O) groups excluding carboxylic acids is 1. The molecule has 1 aliphatic heterocycles. The molecule has 2 heterocycles. The monoisotopic (exact) mass is 486 g/mol. The number of carbonyl (C=O) groups is 1. The molecule has 1 aromatic heterocycles. The Morgan fingerprint density at radius 1 is 1.00 bits per heavy atom. The number of rotatable bonds is 9.